The van der Waals surface area contributed by atoms with Crippen LogP contribution >= 0.6 is 0 Å². The molecule has 1 amide bonds. The molecule has 2 aromatic carbocycles. The van der Waals surface area contributed by atoms with Crippen LogP contribution < -0.4 is 9.64 Å². The number of methoxy groups -OCH3 is 1. The maximum Gasteiger partial charge on any atom is 0.295 e. The summed E-state index contributed by atoms with van der Waals surface area (Å²) in [5.41, 5.74) is 2.49. The number of hydrogen-bond acceptors (Lipinski definition) is 5. The van der Waals surface area contributed by atoms with E-state index in [-0.39, 0.29) is 11.3 Å². The number of hydrogen-bond donors (Lipinski definition) is 2. The number of aliphatic hydroxyl groups is 1. The van der Waals surface area contributed by atoms with Gasteiger partial charge in [0.25, 0.3) is 11.7 Å². The number of ether oxygens (including phenoxy) is 2. The molecule has 2 aliphatic rings. The zero-order valence-electron chi connectivity index (χ0n) is 18.5. The van der Waals surface area contributed by atoms with Gasteiger partial charge in [0.2, 0.25) is 0 Å². The zero-order chi connectivity index (χ0) is 22.7. The number of benzene rings is 2. The van der Waals surface area contributed by atoms with Crippen molar-refractivity contribution in [3.05, 3.63) is 70.8 Å². The number of Topliss-reactive ketones (excluding diaryl/α,β-unsaturated/α-hetero) is 1. The van der Waals surface area contributed by atoms with Crippen LogP contribution in [0.4, 0.5) is 0 Å². The summed E-state index contributed by atoms with van der Waals surface area (Å²) in [6.45, 7) is 6.30. The predicted octanol–water partition coefficient (Wildman–Crippen LogP) is 1.34. The van der Waals surface area contributed by atoms with E-state index in [9.17, 15) is 14.7 Å². The van der Waals surface area contributed by atoms with E-state index in [0.717, 1.165) is 30.8 Å². The molecule has 2 N–H and O–H groups in total. The topological polar surface area (TPSA) is 80.5 Å². The first-order valence-corrected chi connectivity index (χ1v) is 10.9. The minimum absolute atomic E-state index is 0.126. The number of carbonyl (C=O) groups excluding carboxylic acids is 2. The summed E-state index contributed by atoms with van der Waals surface area (Å²) in [7, 11) is 1.56. The molecule has 2 aliphatic heterocycles. The number of carbonyl (C=O) groups is 2. The van der Waals surface area contributed by atoms with Crippen molar-refractivity contribution in [2.75, 3.05) is 46.5 Å². The van der Waals surface area contributed by atoms with Crippen molar-refractivity contribution >= 4 is 17.4 Å². The molecule has 2 heterocycles. The van der Waals surface area contributed by atoms with Gasteiger partial charge in [-0.2, -0.15) is 0 Å². The highest BCUT2D eigenvalue weighted by atomic mass is 16.5. The molecule has 4 rings (SSSR count). The first kappa shape index (κ1) is 22.0. The molecule has 32 heavy (non-hydrogen) atoms. The molecule has 2 saturated heterocycles. The van der Waals surface area contributed by atoms with Crippen LogP contribution in [0.1, 0.15) is 22.7 Å². The lowest BCUT2D eigenvalue weighted by molar-refractivity contribution is -0.907. The van der Waals surface area contributed by atoms with Gasteiger partial charge in [-0.3, -0.25) is 9.59 Å². The Labute approximate surface area is 187 Å². The number of aryl methyl sites for hydroxylation is 1. The van der Waals surface area contributed by atoms with Gasteiger partial charge in [-0.1, -0.05) is 29.8 Å². The van der Waals surface area contributed by atoms with Crippen molar-refractivity contribution in [2.24, 2.45) is 0 Å². The summed E-state index contributed by atoms with van der Waals surface area (Å²) in [5, 5.41) is 11.1. The first-order valence-electron chi connectivity index (χ1n) is 10.9. The number of amides is 1. The lowest BCUT2D eigenvalue weighted by atomic mass is 9.94. The van der Waals surface area contributed by atoms with Crippen LogP contribution in [-0.2, 0) is 14.3 Å². The fourth-order valence-electron chi connectivity index (χ4n) is 4.30. The summed E-state index contributed by atoms with van der Waals surface area (Å²) in [5.74, 6) is -0.748. The Kier molecular flexibility index (Phi) is 6.58. The van der Waals surface area contributed by atoms with Crippen LogP contribution in [-0.4, -0.2) is 68.2 Å². The highest BCUT2D eigenvalue weighted by Crippen LogP contribution is 2.39. The molecule has 168 valence electrons. The second-order valence-corrected chi connectivity index (χ2v) is 8.24. The lowest BCUT2D eigenvalue weighted by Gasteiger charge is -2.29. The van der Waals surface area contributed by atoms with Gasteiger partial charge in [-0.25, -0.2) is 0 Å². The van der Waals surface area contributed by atoms with Gasteiger partial charge in [0.05, 0.1) is 45.0 Å². The molecule has 0 spiro atoms. The largest absolute Gasteiger partial charge is 0.507 e. The molecule has 0 saturated carbocycles. The van der Waals surface area contributed by atoms with Gasteiger partial charge in [0.1, 0.15) is 24.6 Å². The molecule has 0 aliphatic carbocycles. The maximum atomic E-state index is 13.1. The van der Waals surface area contributed by atoms with E-state index in [0.29, 0.717) is 31.1 Å². The molecule has 2 fully saturated rings. The monoisotopic (exact) mass is 437 g/mol. The van der Waals surface area contributed by atoms with Gasteiger partial charge >= 0.3 is 0 Å². The van der Waals surface area contributed by atoms with Gasteiger partial charge in [-0.05, 0) is 36.8 Å². The Bertz CT molecular complexity index is 1010. The van der Waals surface area contributed by atoms with Crippen LogP contribution in [0.15, 0.2) is 54.1 Å². The summed E-state index contributed by atoms with van der Waals surface area (Å²) < 4.78 is 10.6. The van der Waals surface area contributed by atoms with Crippen LogP contribution in [0.3, 0.4) is 0 Å². The Hall–Kier alpha value is -3.16. The molecule has 1 atom stereocenters. The highest BCUT2D eigenvalue weighted by molar-refractivity contribution is 6.46. The number of likely N-dealkylation sites (tertiary alicyclic amines) is 1. The third-order valence-electron chi connectivity index (χ3n) is 6.20. The molecule has 7 nitrogen and oxygen atoms in total. The first-order chi connectivity index (χ1) is 15.5. The van der Waals surface area contributed by atoms with Gasteiger partial charge < -0.3 is 24.4 Å². The fourth-order valence-corrected chi connectivity index (χ4v) is 4.30. The van der Waals surface area contributed by atoms with E-state index in [4.69, 9.17) is 9.47 Å². The standard InChI is InChI=1S/C25H28N2O5/c1-17-3-5-18(6-4-17)22-21(23(28)19-7-9-20(31-2)10-8-19)24(29)25(30)27(22)12-11-26-13-15-32-16-14-26/h3-10,22,28H,11-16H2,1-2H3/p+1. The smallest absolute Gasteiger partial charge is 0.295 e. The van der Waals surface area contributed by atoms with Crippen molar-refractivity contribution in [2.45, 2.75) is 13.0 Å². The van der Waals surface area contributed by atoms with Crippen molar-refractivity contribution < 1.29 is 29.1 Å². The number of ketones is 1. The fraction of sp³-hybridized carbons (Fsp3) is 0.360. The van der Waals surface area contributed by atoms with E-state index >= 15 is 0 Å². The molecule has 2 aromatic rings. The summed E-state index contributed by atoms with van der Waals surface area (Å²) >= 11 is 0. The van der Waals surface area contributed by atoms with Gasteiger partial charge in [0.15, 0.2) is 0 Å². The number of aliphatic hydroxyl groups excluding tert-OH is 1. The Morgan fingerprint density at radius 3 is 2.38 bits per heavy atom. The van der Waals surface area contributed by atoms with Crippen LogP contribution in [0.5, 0.6) is 5.75 Å². The normalized spacial score (nSPS) is 21.2. The minimum atomic E-state index is -0.652. The molecule has 1 unspecified atom stereocenters. The third-order valence-corrected chi connectivity index (χ3v) is 6.20. The second-order valence-electron chi connectivity index (χ2n) is 8.24. The molecule has 7 heteroatoms. The number of nitrogens with zero attached hydrogens (tertiary/aromatic N) is 1. The van der Waals surface area contributed by atoms with Crippen LogP contribution in [0, 0.1) is 6.92 Å². The summed E-state index contributed by atoms with van der Waals surface area (Å²) in [4.78, 5) is 29.1. The second kappa shape index (κ2) is 9.54. The average molecular weight is 438 g/mol. The number of quaternary nitrogens is 1. The van der Waals surface area contributed by atoms with Crippen LogP contribution in [0.2, 0.25) is 0 Å². The van der Waals surface area contributed by atoms with Crippen molar-refractivity contribution in [1.82, 2.24) is 4.90 Å². The van der Waals surface area contributed by atoms with Crippen molar-refractivity contribution in [3.63, 3.8) is 0 Å². The number of nitrogens with one attached hydrogen (secondary N) is 1. The number of morpholine rings is 1. The summed E-state index contributed by atoms with van der Waals surface area (Å²) in [6.07, 6.45) is 0. The minimum Gasteiger partial charge on any atom is -0.507 e. The van der Waals surface area contributed by atoms with E-state index in [1.165, 1.54) is 4.90 Å². The van der Waals surface area contributed by atoms with Crippen molar-refractivity contribution in [1.29, 1.82) is 0 Å². The van der Waals surface area contributed by atoms with Gasteiger partial charge in [-0.15, -0.1) is 0 Å². The Morgan fingerprint density at radius 1 is 1.09 bits per heavy atom. The maximum absolute atomic E-state index is 13.1. The van der Waals surface area contributed by atoms with Gasteiger partial charge in [0, 0.05) is 5.56 Å². The van der Waals surface area contributed by atoms with E-state index < -0.39 is 17.7 Å². The zero-order valence-corrected chi connectivity index (χ0v) is 18.5. The predicted molar refractivity (Wildman–Crippen MR) is 120 cm³/mol. The molecular weight excluding hydrogens is 408 g/mol. The lowest BCUT2D eigenvalue weighted by Crippen LogP contribution is -3.14. The molecular formula is C25H29N2O5+. The van der Waals surface area contributed by atoms with Crippen molar-refractivity contribution in [3.8, 4) is 5.75 Å². The third kappa shape index (κ3) is 4.40. The molecule has 0 bridgehead atoms. The quantitative estimate of drug-likeness (QED) is 0.405. The average Bonchev–Trinajstić information content (AvgIpc) is 3.08. The van der Waals surface area contributed by atoms with E-state index in [1.807, 2.05) is 31.2 Å². The Morgan fingerprint density at radius 2 is 1.75 bits per heavy atom. The number of rotatable bonds is 6. The molecule has 0 radical (unpaired) electrons. The highest BCUT2D eigenvalue weighted by Gasteiger charge is 2.46. The SMILES string of the molecule is COc1ccc(C(O)=C2C(=O)C(=O)N(CC[NH+]3CCOCC3)C2c2ccc(C)cc2)cc1. The Balaban J connectivity index is 1.71. The van der Waals surface area contributed by atoms with Crippen LogP contribution in [0.25, 0.3) is 5.76 Å². The summed E-state index contributed by atoms with van der Waals surface area (Å²) in [6, 6.07) is 13.9. The van der Waals surface area contributed by atoms with E-state index in [2.05, 4.69) is 0 Å². The van der Waals surface area contributed by atoms with E-state index in [1.54, 1.807) is 36.3 Å². The molecule has 0 aromatic heterocycles.